The van der Waals surface area contributed by atoms with E-state index in [0.29, 0.717) is 30.8 Å². The van der Waals surface area contributed by atoms with Gasteiger partial charge in [0.1, 0.15) is 0 Å². The van der Waals surface area contributed by atoms with Crippen molar-refractivity contribution in [1.82, 2.24) is 4.90 Å². The summed E-state index contributed by atoms with van der Waals surface area (Å²) < 4.78 is 4.79. The number of hydrogen-bond donors (Lipinski definition) is 1. The molecule has 2 aliphatic rings. The molecule has 2 N–H and O–H groups in total. The van der Waals surface area contributed by atoms with E-state index < -0.39 is 17.3 Å². The Balaban J connectivity index is 1.81. The van der Waals surface area contributed by atoms with E-state index in [0.717, 1.165) is 11.1 Å². The lowest BCUT2D eigenvalue weighted by Gasteiger charge is -2.45. The number of esters is 1. The van der Waals surface area contributed by atoms with Crippen LogP contribution in [0.15, 0.2) is 77.5 Å². The number of methoxy groups -OCH3 is 1. The Kier molecular flexibility index (Phi) is 6.19. The molecule has 168 valence electrons. The number of benzene rings is 2. The molecule has 7 heteroatoms. The standard InChI is InChI=1S/C27H23N5O2/c1-34-26(33)20-9-7-19(8-10-20)24-21(13-28)25(31)27(16-29,17-30)23-11-12-32(15-22(23)24)14-18-5-3-2-4-6-18/h2-11,22,24H,12,14-15,31H2,1H3. The van der Waals surface area contributed by atoms with E-state index in [9.17, 15) is 20.6 Å². The first kappa shape index (κ1) is 22.8. The molecular formula is C27H23N5O2. The van der Waals surface area contributed by atoms with Crippen molar-refractivity contribution >= 4 is 5.97 Å². The fourth-order valence-corrected chi connectivity index (χ4v) is 4.99. The van der Waals surface area contributed by atoms with Gasteiger partial charge >= 0.3 is 5.97 Å². The maximum absolute atomic E-state index is 11.9. The Bertz CT molecular complexity index is 1280. The number of hydrogen-bond acceptors (Lipinski definition) is 7. The third kappa shape index (κ3) is 3.71. The first-order chi connectivity index (χ1) is 16.5. The summed E-state index contributed by atoms with van der Waals surface area (Å²) in [6.07, 6.45) is 1.92. The topological polar surface area (TPSA) is 127 Å². The number of ether oxygens (including phenoxy) is 1. The summed E-state index contributed by atoms with van der Waals surface area (Å²) in [5.41, 5.74) is 7.87. The van der Waals surface area contributed by atoms with Crippen LogP contribution in [0.3, 0.4) is 0 Å². The zero-order valence-electron chi connectivity index (χ0n) is 18.7. The zero-order chi connectivity index (χ0) is 24.3. The summed E-state index contributed by atoms with van der Waals surface area (Å²) >= 11 is 0. The van der Waals surface area contributed by atoms with Crippen molar-refractivity contribution in [1.29, 1.82) is 15.8 Å². The molecular weight excluding hydrogens is 426 g/mol. The van der Waals surface area contributed by atoms with Gasteiger partial charge in [0.15, 0.2) is 0 Å². The molecule has 0 amide bonds. The van der Waals surface area contributed by atoms with Gasteiger partial charge in [-0.25, -0.2) is 4.79 Å². The molecule has 2 unspecified atom stereocenters. The molecule has 34 heavy (non-hydrogen) atoms. The molecule has 1 aliphatic heterocycles. The summed E-state index contributed by atoms with van der Waals surface area (Å²) in [4.78, 5) is 14.1. The van der Waals surface area contributed by atoms with Gasteiger partial charge in [-0.1, -0.05) is 48.5 Å². The van der Waals surface area contributed by atoms with Crippen LogP contribution in [0.1, 0.15) is 27.4 Å². The second-order valence-corrected chi connectivity index (χ2v) is 8.45. The number of carbonyl (C=O) groups excluding carboxylic acids is 1. The number of nitriles is 3. The number of nitrogens with zero attached hydrogens (tertiary/aromatic N) is 4. The molecule has 1 aliphatic carbocycles. The predicted molar refractivity (Wildman–Crippen MR) is 124 cm³/mol. The van der Waals surface area contributed by atoms with Gasteiger partial charge in [0.2, 0.25) is 5.41 Å². The van der Waals surface area contributed by atoms with Crippen LogP contribution in [0.5, 0.6) is 0 Å². The number of rotatable bonds is 4. The predicted octanol–water partition coefficient (Wildman–Crippen LogP) is 3.40. The molecule has 0 saturated carbocycles. The van der Waals surface area contributed by atoms with Crippen LogP contribution in [-0.2, 0) is 11.3 Å². The Morgan fingerprint density at radius 3 is 2.38 bits per heavy atom. The Hall–Kier alpha value is -4.38. The van der Waals surface area contributed by atoms with Gasteiger partial charge < -0.3 is 10.5 Å². The first-order valence-electron chi connectivity index (χ1n) is 10.9. The highest BCUT2D eigenvalue weighted by atomic mass is 16.5. The lowest BCUT2D eigenvalue weighted by molar-refractivity contribution is 0.0600. The van der Waals surface area contributed by atoms with Crippen molar-refractivity contribution in [3.05, 3.63) is 94.2 Å². The van der Waals surface area contributed by atoms with Gasteiger partial charge in [0.25, 0.3) is 0 Å². The van der Waals surface area contributed by atoms with Crippen molar-refractivity contribution < 1.29 is 9.53 Å². The molecule has 0 saturated heterocycles. The maximum atomic E-state index is 11.9. The fraction of sp³-hybridized carbons (Fsp3) is 0.259. The summed E-state index contributed by atoms with van der Waals surface area (Å²) in [5, 5.41) is 30.2. The highest BCUT2D eigenvalue weighted by Crippen LogP contribution is 2.52. The molecule has 0 aromatic heterocycles. The van der Waals surface area contributed by atoms with E-state index >= 15 is 0 Å². The van der Waals surface area contributed by atoms with Crippen LogP contribution in [0.2, 0.25) is 0 Å². The third-order valence-electron chi connectivity index (χ3n) is 6.66. The maximum Gasteiger partial charge on any atom is 0.337 e. The van der Waals surface area contributed by atoms with Crippen molar-refractivity contribution in [2.75, 3.05) is 20.2 Å². The summed E-state index contributed by atoms with van der Waals surface area (Å²) in [6.45, 7) is 1.81. The smallest absolute Gasteiger partial charge is 0.337 e. The van der Waals surface area contributed by atoms with Crippen LogP contribution < -0.4 is 5.73 Å². The second kappa shape index (κ2) is 9.24. The van der Waals surface area contributed by atoms with Crippen LogP contribution in [-0.4, -0.2) is 31.1 Å². The molecule has 0 fully saturated rings. The molecule has 4 rings (SSSR count). The van der Waals surface area contributed by atoms with E-state index in [1.807, 2.05) is 24.3 Å². The van der Waals surface area contributed by atoms with Gasteiger partial charge in [-0.2, -0.15) is 15.8 Å². The van der Waals surface area contributed by atoms with E-state index in [-0.39, 0.29) is 17.2 Å². The van der Waals surface area contributed by atoms with Crippen molar-refractivity contribution in [2.24, 2.45) is 17.1 Å². The van der Waals surface area contributed by atoms with Gasteiger partial charge in [0.05, 0.1) is 42.2 Å². The highest BCUT2D eigenvalue weighted by Gasteiger charge is 2.52. The van der Waals surface area contributed by atoms with Crippen LogP contribution in [0.4, 0.5) is 0 Å². The van der Waals surface area contributed by atoms with Crippen molar-refractivity contribution in [3.63, 3.8) is 0 Å². The molecule has 0 bridgehead atoms. The first-order valence-corrected chi connectivity index (χ1v) is 10.9. The lowest BCUT2D eigenvalue weighted by Crippen LogP contribution is -2.47. The van der Waals surface area contributed by atoms with E-state index in [4.69, 9.17) is 10.5 Å². The average Bonchev–Trinajstić information content (AvgIpc) is 2.88. The number of fused-ring (bicyclic) bond motifs is 1. The van der Waals surface area contributed by atoms with Gasteiger partial charge in [0, 0.05) is 31.5 Å². The number of allylic oxidation sites excluding steroid dienone is 2. The van der Waals surface area contributed by atoms with Gasteiger partial charge in [-0.15, -0.1) is 0 Å². The minimum Gasteiger partial charge on any atom is -0.465 e. The Labute approximate surface area is 198 Å². The fourth-order valence-electron chi connectivity index (χ4n) is 4.99. The van der Waals surface area contributed by atoms with Crippen LogP contribution in [0, 0.1) is 45.3 Å². The third-order valence-corrected chi connectivity index (χ3v) is 6.66. The van der Waals surface area contributed by atoms with E-state index in [1.54, 1.807) is 24.3 Å². The second-order valence-electron chi connectivity index (χ2n) is 8.45. The molecule has 0 radical (unpaired) electrons. The largest absolute Gasteiger partial charge is 0.465 e. The Morgan fingerprint density at radius 2 is 1.79 bits per heavy atom. The minimum atomic E-state index is -1.67. The lowest BCUT2D eigenvalue weighted by atomic mass is 9.60. The number of carbonyl (C=O) groups is 1. The van der Waals surface area contributed by atoms with Crippen molar-refractivity contribution in [2.45, 2.75) is 12.5 Å². The summed E-state index contributed by atoms with van der Waals surface area (Å²) in [6, 6.07) is 23.3. The monoisotopic (exact) mass is 449 g/mol. The molecule has 2 atom stereocenters. The molecule has 1 heterocycles. The SMILES string of the molecule is COC(=O)c1ccc(C2C(C#N)=C(N)C(C#N)(C#N)C3=CCN(Cc4ccccc4)CC32)cc1. The summed E-state index contributed by atoms with van der Waals surface area (Å²) in [7, 11) is 1.32. The normalized spacial score (nSPS) is 21.3. The van der Waals surface area contributed by atoms with Crippen LogP contribution >= 0.6 is 0 Å². The van der Waals surface area contributed by atoms with Gasteiger partial charge in [-0.3, -0.25) is 4.90 Å². The molecule has 0 spiro atoms. The molecule has 7 nitrogen and oxygen atoms in total. The van der Waals surface area contributed by atoms with E-state index in [2.05, 4.69) is 35.2 Å². The quantitative estimate of drug-likeness (QED) is 0.560. The molecule has 2 aromatic carbocycles. The summed E-state index contributed by atoms with van der Waals surface area (Å²) in [5.74, 6) is -1.20. The van der Waals surface area contributed by atoms with Gasteiger partial charge in [-0.05, 0) is 28.8 Å². The average molecular weight is 450 g/mol. The number of nitrogens with two attached hydrogens (primary N) is 1. The Morgan fingerprint density at radius 1 is 1.12 bits per heavy atom. The molecule has 2 aromatic rings. The van der Waals surface area contributed by atoms with E-state index in [1.165, 1.54) is 7.11 Å². The van der Waals surface area contributed by atoms with Crippen molar-refractivity contribution in [3.8, 4) is 18.2 Å². The minimum absolute atomic E-state index is 0.0129. The highest BCUT2D eigenvalue weighted by molar-refractivity contribution is 5.89. The zero-order valence-corrected chi connectivity index (χ0v) is 18.7. The van der Waals surface area contributed by atoms with Crippen LogP contribution in [0.25, 0.3) is 0 Å².